The van der Waals surface area contributed by atoms with Gasteiger partial charge in [0, 0.05) is 5.69 Å². The average molecular weight is 414 g/mol. The van der Waals surface area contributed by atoms with Gasteiger partial charge in [0.2, 0.25) is 10.0 Å². The van der Waals surface area contributed by atoms with Gasteiger partial charge in [0.15, 0.2) is 6.10 Å². The van der Waals surface area contributed by atoms with Gasteiger partial charge in [0.1, 0.15) is 5.75 Å². The number of fused-ring (bicyclic) bond motifs is 1. The number of ether oxygens (including phenoxy) is 1. The fourth-order valence-electron chi connectivity index (χ4n) is 2.72. The van der Waals surface area contributed by atoms with E-state index >= 15 is 0 Å². The van der Waals surface area contributed by atoms with E-state index in [0.29, 0.717) is 5.69 Å². The molecule has 1 aliphatic rings. The first kappa shape index (κ1) is 20.0. The van der Waals surface area contributed by atoms with Crippen LogP contribution in [0.5, 0.6) is 5.75 Å². The molecular weight excluding hydrogens is 397 g/mol. The lowest BCUT2D eigenvalue weighted by Crippen LogP contribution is -2.49. The quantitative estimate of drug-likeness (QED) is 0.833. The van der Waals surface area contributed by atoms with E-state index in [1.165, 1.54) is 6.92 Å². The number of halogens is 3. The molecule has 3 rings (SSSR count). The van der Waals surface area contributed by atoms with Crippen molar-refractivity contribution in [2.24, 2.45) is 0 Å². The Balaban J connectivity index is 1.81. The molecule has 2 aromatic carbocycles. The van der Waals surface area contributed by atoms with Gasteiger partial charge in [0.05, 0.1) is 23.5 Å². The van der Waals surface area contributed by atoms with Gasteiger partial charge in [-0.3, -0.25) is 9.10 Å². The van der Waals surface area contributed by atoms with Crippen LogP contribution in [0.2, 0.25) is 0 Å². The molecule has 0 aromatic heterocycles. The number of para-hydroxylation sites is 2. The molecular formula is C18H17F3N2O4S. The first-order chi connectivity index (χ1) is 13.1. The molecule has 1 amide bonds. The largest absolute Gasteiger partial charge is 0.476 e. The summed E-state index contributed by atoms with van der Waals surface area (Å²) in [5.41, 5.74) is -0.359. The Bertz CT molecular complexity index is 975. The summed E-state index contributed by atoms with van der Waals surface area (Å²) in [6.07, 6.45) is -5.63. The Labute approximate surface area is 160 Å². The summed E-state index contributed by atoms with van der Waals surface area (Å²) >= 11 is 0. The number of carbonyl (C=O) groups excluding carboxylic acids is 1. The number of benzene rings is 2. The molecule has 6 nitrogen and oxygen atoms in total. The van der Waals surface area contributed by atoms with Gasteiger partial charge in [0.25, 0.3) is 5.91 Å². The second-order valence-electron chi connectivity index (χ2n) is 6.07. The number of alkyl halides is 3. The van der Waals surface area contributed by atoms with Crippen molar-refractivity contribution in [1.29, 1.82) is 0 Å². The van der Waals surface area contributed by atoms with Crippen LogP contribution in [0.4, 0.5) is 24.5 Å². The van der Waals surface area contributed by atoms with Crippen LogP contribution in [0.3, 0.4) is 0 Å². The van der Waals surface area contributed by atoms with Crippen LogP contribution in [0.1, 0.15) is 12.5 Å². The Morgan fingerprint density at radius 1 is 1.18 bits per heavy atom. The second kappa shape index (κ2) is 7.34. The van der Waals surface area contributed by atoms with Gasteiger partial charge in [-0.2, -0.15) is 13.2 Å². The number of rotatable bonds is 4. The summed E-state index contributed by atoms with van der Waals surface area (Å²) < 4.78 is 69.4. The van der Waals surface area contributed by atoms with Crippen molar-refractivity contribution in [1.82, 2.24) is 0 Å². The average Bonchev–Trinajstić information content (AvgIpc) is 2.66. The molecule has 0 radical (unpaired) electrons. The first-order valence-electron chi connectivity index (χ1n) is 8.36. The third kappa shape index (κ3) is 4.06. The van der Waals surface area contributed by atoms with E-state index in [0.717, 1.165) is 28.6 Å². The van der Waals surface area contributed by atoms with Crippen LogP contribution in [0, 0.1) is 0 Å². The van der Waals surface area contributed by atoms with E-state index in [-0.39, 0.29) is 23.7 Å². The van der Waals surface area contributed by atoms with Crippen LogP contribution in [0.15, 0.2) is 48.5 Å². The number of nitrogens with one attached hydrogen (secondary N) is 1. The van der Waals surface area contributed by atoms with Crippen molar-refractivity contribution in [3.63, 3.8) is 0 Å². The van der Waals surface area contributed by atoms with Gasteiger partial charge in [-0.25, -0.2) is 8.42 Å². The maximum atomic E-state index is 12.6. The third-order valence-electron chi connectivity index (χ3n) is 4.21. The number of sulfonamides is 1. The second-order valence-corrected chi connectivity index (χ2v) is 8.25. The van der Waals surface area contributed by atoms with Gasteiger partial charge in [-0.15, -0.1) is 0 Å². The fraction of sp³-hybridized carbons (Fsp3) is 0.278. The number of amides is 1. The van der Waals surface area contributed by atoms with Crippen molar-refractivity contribution in [3.05, 3.63) is 54.1 Å². The van der Waals surface area contributed by atoms with Gasteiger partial charge in [-0.05, 0) is 43.3 Å². The highest BCUT2D eigenvalue weighted by Crippen LogP contribution is 2.35. The highest BCUT2D eigenvalue weighted by atomic mass is 32.2. The summed E-state index contributed by atoms with van der Waals surface area (Å²) in [6.45, 7) is 1.25. The zero-order chi connectivity index (χ0) is 20.5. The van der Waals surface area contributed by atoms with Crippen LogP contribution >= 0.6 is 0 Å². The lowest BCUT2D eigenvalue weighted by Gasteiger charge is -2.34. The summed E-state index contributed by atoms with van der Waals surface area (Å²) in [5, 5.41) is 2.46. The normalized spacial score (nSPS) is 16.9. The van der Waals surface area contributed by atoms with Gasteiger partial charge >= 0.3 is 6.18 Å². The molecule has 10 heteroatoms. The lowest BCUT2D eigenvalue weighted by atomic mass is 10.2. The molecule has 28 heavy (non-hydrogen) atoms. The third-order valence-corrected chi connectivity index (χ3v) is 5.95. The lowest BCUT2D eigenvalue weighted by molar-refractivity contribution is -0.137. The topological polar surface area (TPSA) is 75.7 Å². The standard InChI is InChI=1S/C18H17F3N2O4S/c1-2-28(25,26)23-11-16(27-15-6-4-3-5-14(15)23)17(24)22-13-9-7-12(8-10-13)18(19,20)21/h3-10,16H,2,11H2,1H3,(H,22,24)/t16-/m0/s1. The number of nitrogens with zero attached hydrogens (tertiary/aromatic N) is 1. The highest BCUT2D eigenvalue weighted by Gasteiger charge is 2.36. The van der Waals surface area contributed by atoms with Crippen molar-refractivity contribution in [2.75, 3.05) is 21.9 Å². The van der Waals surface area contributed by atoms with Crippen LogP contribution < -0.4 is 14.4 Å². The zero-order valence-corrected chi connectivity index (χ0v) is 15.5. The summed E-state index contributed by atoms with van der Waals surface area (Å²) in [7, 11) is -3.65. The smallest absolute Gasteiger partial charge is 0.416 e. The van der Waals surface area contributed by atoms with Crippen molar-refractivity contribution in [3.8, 4) is 5.75 Å². The molecule has 1 N–H and O–H groups in total. The summed E-state index contributed by atoms with van der Waals surface area (Å²) in [5.74, 6) is -0.585. The number of hydrogen-bond acceptors (Lipinski definition) is 4. The Kier molecular flexibility index (Phi) is 5.24. The SMILES string of the molecule is CCS(=O)(=O)N1C[C@@H](C(=O)Nc2ccc(C(F)(F)F)cc2)Oc2ccccc21. The fourth-order valence-corrected chi connectivity index (χ4v) is 3.85. The molecule has 0 saturated heterocycles. The molecule has 1 atom stereocenters. The minimum atomic E-state index is -4.48. The van der Waals surface area contributed by atoms with Crippen LogP contribution in [-0.4, -0.2) is 32.7 Å². The monoisotopic (exact) mass is 414 g/mol. The molecule has 150 valence electrons. The van der Waals surface area contributed by atoms with Gasteiger partial charge in [-0.1, -0.05) is 12.1 Å². The molecule has 0 saturated carbocycles. The van der Waals surface area contributed by atoms with E-state index in [1.807, 2.05) is 0 Å². The molecule has 0 bridgehead atoms. The summed E-state index contributed by atoms with van der Waals surface area (Å²) in [4.78, 5) is 12.5. The van der Waals surface area contributed by atoms with Gasteiger partial charge < -0.3 is 10.1 Å². The molecule has 0 aliphatic carbocycles. The zero-order valence-electron chi connectivity index (χ0n) is 14.7. The van der Waals surface area contributed by atoms with E-state index in [2.05, 4.69) is 5.32 Å². The maximum absolute atomic E-state index is 12.6. The molecule has 0 unspecified atom stereocenters. The van der Waals surface area contributed by atoms with E-state index in [4.69, 9.17) is 4.74 Å². The van der Waals surface area contributed by atoms with E-state index in [1.54, 1.807) is 24.3 Å². The molecule has 1 heterocycles. The minimum Gasteiger partial charge on any atom is -0.476 e. The Morgan fingerprint density at radius 3 is 2.43 bits per heavy atom. The minimum absolute atomic E-state index is 0.144. The molecule has 0 spiro atoms. The molecule has 2 aromatic rings. The highest BCUT2D eigenvalue weighted by molar-refractivity contribution is 7.92. The summed E-state index contributed by atoms with van der Waals surface area (Å²) in [6, 6.07) is 10.4. The predicted octanol–water partition coefficient (Wildman–Crippen LogP) is 3.26. The van der Waals surface area contributed by atoms with Crippen LogP contribution in [0.25, 0.3) is 0 Å². The molecule has 1 aliphatic heterocycles. The Morgan fingerprint density at radius 2 is 1.82 bits per heavy atom. The number of hydrogen-bond donors (Lipinski definition) is 1. The maximum Gasteiger partial charge on any atom is 0.416 e. The first-order valence-corrected chi connectivity index (χ1v) is 9.97. The molecule has 0 fully saturated rings. The van der Waals surface area contributed by atoms with E-state index in [9.17, 15) is 26.4 Å². The van der Waals surface area contributed by atoms with E-state index < -0.39 is 33.8 Å². The van der Waals surface area contributed by atoms with Crippen molar-refractivity contribution >= 4 is 27.3 Å². The van der Waals surface area contributed by atoms with Crippen molar-refractivity contribution in [2.45, 2.75) is 19.2 Å². The Hall–Kier alpha value is -2.75. The van der Waals surface area contributed by atoms with Crippen molar-refractivity contribution < 1.29 is 31.1 Å². The predicted molar refractivity (Wildman–Crippen MR) is 97.7 cm³/mol. The number of anilines is 2. The van der Waals surface area contributed by atoms with Crippen LogP contribution in [-0.2, 0) is 21.0 Å². The number of carbonyl (C=O) groups is 1.